The van der Waals surface area contributed by atoms with Crippen molar-refractivity contribution in [2.45, 2.75) is 6.54 Å². The number of nitrogens with zero attached hydrogens (tertiary/aromatic N) is 2. The number of benzene rings is 1. The number of hydrogen-bond acceptors (Lipinski definition) is 4. The minimum absolute atomic E-state index is 0.277. The van der Waals surface area contributed by atoms with Crippen molar-refractivity contribution in [1.29, 1.82) is 0 Å². The standard InChI is InChI=1S/C13H12N4O/c18-11-3-1-9(2-4-11)6-14-10-5-12-13(15-7-10)17-8-16-12/h1-5,7-8,14,18H,6H2,(H,15,16,17). The van der Waals surface area contributed by atoms with Crippen molar-refractivity contribution < 1.29 is 5.11 Å². The highest BCUT2D eigenvalue weighted by atomic mass is 16.3. The topological polar surface area (TPSA) is 73.8 Å². The van der Waals surface area contributed by atoms with E-state index in [0.717, 1.165) is 16.8 Å². The number of aromatic hydroxyl groups is 1. The minimum atomic E-state index is 0.277. The van der Waals surface area contributed by atoms with Gasteiger partial charge in [-0.25, -0.2) is 9.97 Å². The molecule has 0 aliphatic rings. The summed E-state index contributed by atoms with van der Waals surface area (Å²) < 4.78 is 0. The number of nitrogens with one attached hydrogen (secondary N) is 2. The van der Waals surface area contributed by atoms with Crippen molar-refractivity contribution in [3.8, 4) is 5.75 Å². The first-order valence-electron chi connectivity index (χ1n) is 5.62. The molecule has 0 bridgehead atoms. The van der Waals surface area contributed by atoms with Crippen LogP contribution >= 0.6 is 0 Å². The van der Waals surface area contributed by atoms with Crippen LogP contribution in [0.1, 0.15) is 5.56 Å². The molecule has 90 valence electrons. The Kier molecular flexibility index (Phi) is 2.57. The molecule has 2 heterocycles. The Morgan fingerprint density at radius 3 is 2.83 bits per heavy atom. The van der Waals surface area contributed by atoms with Gasteiger partial charge in [0.15, 0.2) is 5.65 Å². The number of fused-ring (bicyclic) bond motifs is 1. The molecule has 0 atom stereocenters. The Hall–Kier alpha value is -2.56. The predicted molar refractivity (Wildman–Crippen MR) is 69.3 cm³/mol. The van der Waals surface area contributed by atoms with Crippen LogP contribution in [0.5, 0.6) is 5.75 Å². The van der Waals surface area contributed by atoms with E-state index in [2.05, 4.69) is 20.3 Å². The SMILES string of the molecule is Oc1ccc(CNc2cnc3nc[nH]c3c2)cc1. The van der Waals surface area contributed by atoms with Crippen LogP contribution in [0, 0.1) is 0 Å². The van der Waals surface area contributed by atoms with Crippen LogP contribution in [-0.2, 0) is 6.54 Å². The van der Waals surface area contributed by atoms with E-state index in [4.69, 9.17) is 0 Å². The number of imidazole rings is 1. The predicted octanol–water partition coefficient (Wildman–Crippen LogP) is 2.28. The molecule has 0 aliphatic carbocycles. The van der Waals surface area contributed by atoms with Gasteiger partial charge in [-0.1, -0.05) is 12.1 Å². The van der Waals surface area contributed by atoms with E-state index in [9.17, 15) is 5.11 Å². The highest BCUT2D eigenvalue weighted by Gasteiger charge is 1.99. The van der Waals surface area contributed by atoms with Crippen LogP contribution in [0.2, 0.25) is 0 Å². The molecule has 0 unspecified atom stereocenters. The number of aromatic amines is 1. The summed E-state index contributed by atoms with van der Waals surface area (Å²) >= 11 is 0. The van der Waals surface area contributed by atoms with Crippen molar-refractivity contribution >= 4 is 16.9 Å². The van der Waals surface area contributed by atoms with Gasteiger partial charge in [0.05, 0.1) is 23.7 Å². The van der Waals surface area contributed by atoms with Crippen LogP contribution in [0.25, 0.3) is 11.2 Å². The zero-order valence-electron chi connectivity index (χ0n) is 9.59. The first-order valence-corrected chi connectivity index (χ1v) is 5.62. The Morgan fingerprint density at radius 2 is 2.00 bits per heavy atom. The molecule has 0 spiro atoms. The number of hydrogen-bond donors (Lipinski definition) is 3. The van der Waals surface area contributed by atoms with Crippen LogP contribution in [0.4, 0.5) is 5.69 Å². The molecule has 1 aromatic carbocycles. The molecule has 5 heteroatoms. The third-order valence-corrected chi connectivity index (χ3v) is 2.71. The van der Waals surface area contributed by atoms with E-state index < -0.39 is 0 Å². The number of aromatic nitrogens is 3. The summed E-state index contributed by atoms with van der Waals surface area (Å²) in [7, 11) is 0. The molecule has 5 nitrogen and oxygen atoms in total. The van der Waals surface area contributed by atoms with Crippen LogP contribution in [-0.4, -0.2) is 20.1 Å². The van der Waals surface area contributed by atoms with Gasteiger partial charge >= 0.3 is 0 Å². The summed E-state index contributed by atoms with van der Waals surface area (Å²) in [6.45, 7) is 0.682. The number of anilines is 1. The molecule has 3 aromatic rings. The summed E-state index contributed by atoms with van der Waals surface area (Å²) in [6, 6.07) is 9.07. The highest BCUT2D eigenvalue weighted by Crippen LogP contribution is 2.15. The molecule has 0 fully saturated rings. The number of rotatable bonds is 3. The smallest absolute Gasteiger partial charge is 0.177 e. The molecule has 0 saturated heterocycles. The fraction of sp³-hybridized carbons (Fsp3) is 0.0769. The third kappa shape index (κ3) is 2.10. The van der Waals surface area contributed by atoms with Gasteiger partial charge in [0.25, 0.3) is 0 Å². The lowest BCUT2D eigenvalue weighted by Crippen LogP contribution is -1.99. The van der Waals surface area contributed by atoms with E-state index in [0.29, 0.717) is 12.2 Å². The number of phenols is 1. The zero-order chi connectivity index (χ0) is 12.4. The summed E-state index contributed by atoms with van der Waals surface area (Å²) in [5.41, 5.74) is 3.65. The number of phenolic OH excluding ortho intramolecular Hbond substituents is 1. The molecule has 0 saturated carbocycles. The zero-order valence-corrected chi connectivity index (χ0v) is 9.59. The lowest BCUT2D eigenvalue weighted by molar-refractivity contribution is 0.475. The van der Waals surface area contributed by atoms with Gasteiger partial charge in [0.2, 0.25) is 0 Å². The normalized spacial score (nSPS) is 10.7. The molecule has 0 radical (unpaired) electrons. The molecular formula is C13H12N4O. The second-order valence-electron chi connectivity index (χ2n) is 4.02. The first-order chi connectivity index (χ1) is 8.81. The molecule has 3 rings (SSSR count). The van der Waals surface area contributed by atoms with E-state index in [1.54, 1.807) is 24.7 Å². The van der Waals surface area contributed by atoms with Gasteiger partial charge in [-0.05, 0) is 23.8 Å². The summed E-state index contributed by atoms with van der Waals surface area (Å²) in [5, 5.41) is 12.5. The van der Waals surface area contributed by atoms with Crippen molar-refractivity contribution in [2.75, 3.05) is 5.32 Å². The maximum absolute atomic E-state index is 9.20. The Bertz CT molecular complexity index is 660. The summed E-state index contributed by atoms with van der Waals surface area (Å²) in [5.74, 6) is 0.277. The fourth-order valence-corrected chi connectivity index (χ4v) is 1.74. The monoisotopic (exact) mass is 240 g/mol. The van der Waals surface area contributed by atoms with Crippen LogP contribution < -0.4 is 5.32 Å². The lowest BCUT2D eigenvalue weighted by Gasteiger charge is -2.06. The quantitative estimate of drug-likeness (QED) is 0.656. The highest BCUT2D eigenvalue weighted by molar-refractivity contribution is 5.73. The summed E-state index contributed by atoms with van der Waals surface area (Å²) in [4.78, 5) is 11.3. The Labute approximate surface area is 104 Å². The van der Waals surface area contributed by atoms with Crippen molar-refractivity contribution in [3.63, 3.8) is 0 Å². The maximum atomic E-state index is 9.20. The number of pyridine rings is 1. The molecule has 2 aromatic heterocycles. The van der Waals surface area contributed by atoms with Crippen LogP contribution in [0.15, 0.2) is 42.9 Å². The van der Waals surface area contributed by atoms with Gasteiger partial charge in [-0.2, -0.15) is 0 Å². The van der Waals surface area contributed by atoms with Crippen molar-refractivity contribution in [2.24, 2.45) is 0 Å². The van der Waals surface area contributed by atoms with Gasteiger partial charge in [0.1, 0.15) is 5.75 Å². The second kappa shape index (κ2) is 4.37. The Balaban J connectivity index is 1.74. The van der Waals surface area contributed by atoms with Crippen molar-refractivity contribution in [3.05, 3.63) is 48.4 Å². The average molecular weight is 240 g/mol. The Morgan fingerprint density at radius 1 is 1.17 bits per heavy atom. The van der Waals surface area contributed by atoms with E-state index in [-0.39, 0.29) is 5.75 Å². The van der Waals surface area contributed by atoms with Gasteiger partial charge < -0.3 is 15.4 Å². The molecular weight excluding hydrogens is 228 g/mol. The lowest BCUT2D eigenvalue weighted by atomic mass is 10.2. The molecule has 3 N–H and O–H groups in total. The maximum Gasteiger partial charge on any atom is 0.177 e. The first kappa shape index (κ1) is 10.6. The van der Waals surface area contributed by atoms with Gasteiger partial charge in [-0.3, -0.25) is 0 Å². The largest absolute Gasteiger partial charge is 0.508 e. The average Bonchev–Trinajstić information content (AvgIpc) is 2.85. The molecule has 18 heavy (non-hydrogen) atoms. The van der Waals surface area contributed by atoms with Gasteiger partial charge in [-0.15, -0.1) is 0 Å². The van der Waals surface area contributed by atoms with Gasteiger partial charge in [0, 0.05) is 6.54 Å². The van der Waals surface area contributed by atoms with E-state index in [1.807, 2.05) is 18.2 Å². The summed E-state index contributed by atoms with van der Waals surface area (Å²) in [6.07, 6.45) is 3.38. The third-order valence-electron chi connectivity index (χ3n) is 2.71. The second-order valence-corrected chi connectivity index (χ2v) is 4.02. The minimum Gasteiger partial charge on any atom is -0.508 e. The number of H-pyrrole nitrogens is 1. The van der Waals surface area contributed by atoms with E-state index >= 15 is 0 Å². The molecule has 0 amide bonds. The van der Waals surface area contributed by atoms with E-state index in [1.165, 1.54) is 0 Å². The molecule has 0 aliphatic heterocycles. The van der Waals surface area contributed by atoms with Crippen LogP contribution in [0.3, 0.4) is 0 Å². The fourth-order valence-electron chi connectivity index (χ4n) is 1.74. The van der Waals surface area contributed by atoms with Crippen molar-refractivity contribution in [1.82, 2.24) is 15.0 Å².